The molecule has 3 heteroatoms. The van der Waals surface area contributed by atoms with Gasteiger partial charge in [0.2, 0.25) is 0 Å². The minimum Gasteiger partial charge on any atom is -0.311 e. The molecule has 0 rings (SSSR count). The normalized spacial score (nSPS) is 15.5. The van der Waals surface area contributed by atoms with E-state index in [1.165, 1.54) is 32.5 Å². The molecule has 0 aliphatic carbocycles. The van der Waals surface area contributed by atoms with Crippen LogP contribution in [0.3, 0.4) is 0 Å². The molecule has 0 fully saturated rings. The molecule has 0 heterocycles. The number of nitrogens with one attached hydrogen (secondary N) is 1. The van der Waals surface area contributed by atoms with Crippen molar-refractivity contribution < 1.29 is 0 Å². The van der Waals surface area contributed by atoms with Gasteiger partial charge in [0.1, 0.15) is 0 Å². The lowest BCUT2D eigenvalue weighted by molar-refractivity contribution is 0.282. The van der Waals surface area contributed by atoms with Crippen LogP contribution in [0.4, 0.5) is 0 Å². The predicted molar refractivity (Wildman–Crippen MR) is 77.6 cm³/mol. The molecule has 2 unspecified atom stereocenters. The van der Waals surface area contributed by atoms with E-state index in [9.17, 15) is 0 Å². The van der Waals surface area contributed by atoms with Gasteiger partial charge in [0.25, 0.3) is 0 Å². The Labute approximate surface area is 109 Å². The maximum Gasteiger partial charge on any atom is 0.0168 e. The molecular weight excluding hydrogens is 210 g/mol. The van der Waals surface area contributed by atoms with E-state index in [4.69, 9.17) is 0 Å². The Morgan fingerprint density at radius 1 is 1.00 bits per heavy atom. The number of likely N-dealkylation sites (N-methyl/N-ethyl adjacent to an activating group) is 1. The summed E-state index contributed by atoms with van der Waals surface area (Å²) in [6, 6.07) is 1.20. The van der Waals surface area contributed by atoms with E-state index < -0.39 is 0 Å². The number of nitrogens with zero attached hydrogens (tertiary/aromatic N) is 2. The first-order valence-electron chi connectivity index (χ1n) is 7.12. The standard InChI is InChI=1S/C14H33N3/c1-7-17(8-2)11-9-10-13(3)15-14(4)12-16(5)6/h13-15H,7-12H2,1-6H3. The monoisotopic (exact) mass is 243 g/mol. The zero-order valence-electron chi connectivity index (χ0n) is 12.8. The fourth-order valence-electron chi connectivity index (χ4n) is 2.33. The summed E-state index contributed by atoms with van der Waals surface area (Å²) in [7, 11) is 4.26. The second kappa shape index (κ2) is 9.86. The SMILES string of the molecule is CCN(CC)CCCC(C)NC(C)CN(C)C. The zero-order valence-corrected chi connectivity index (χ0v) is 12.8. The van der Waals surface area contributed by atoms with Crippen LogP contribution in [0, 0.1) is 0 Å². The van der Waals surface area contributed by atoms with Crippen molar-refractivity contribution in [2.75, 3.05) is 40.3 Å². The Balaban J connectivity index is 3.61. The van der Waals surface area contributed by atoms with Crippen LogP contribution >= 0.6 is 0 Å². The molecule has 0 aliphatic heterocycles. The van der Waals surface area contributed by atoms with Crippen LogP contribution in [0.25, 0.3) is 0 Å². The smallest absolute Gasteiger partial charge is 0.0168 e. The third-order valence-electron chi connectivity index (χ3n) is 3.21. The van der Waals surface area contributed by atoms with E-state index in [2.05, 4.69) is 56.9 Å². The highest BCUT2D eigenvalue weighted by Crippen LogP contribution is 2.01. The van der Waals surface area contributed by atoms with Gasteiger partial charge in [-0.05, 0) is 60.4 Å². The summed E-state index contributed by atoms with van der Waals surface area (Å²) >= 11 is 0. The minimum absolute atomic E-state index is 0.577. The van der Waals surface area contributed by atoms with E-state index in [0.717, 1.165) is 6.54 Å². The molecule has 0 spiro atoms. The Hall–Kier alpha value is -0.120. The molecule has 0 bridgehead atoms. The summed E-state index contributed by atoms with van der Waals surface area (Å²) in [5.74, 6) is 0. The van der Waals surface area contributed by atoms with Gasteiger partial charge in [0, 0.05) is 18.6 Å². The fourth-order valence-corrected chi connectivity index (χ4v) is 2.33. The van der Waals surface area contributed by atoms with Gasteiger partial charge in [-0.25, -0.2) is 0 Å². The molecule has 0 aromatic rings. The van der Waals surface area contributed by atoms with Crippen molar-refractivity contribution in [3.63, 3.8) is 0 Å². The van der Waals surface area contributed by atoms with E-state index >= 15 is 0 Å². The third-order valence-corrected chi connectivity index (χ3v) is 3.21. The Morgan fingerprint density at radius 3 is 2.06 bits per heavy atom. The average molecular weight is 243 g/mol. The number of rotatable bonds is 10. The second-order valence-corrected chi connectivity index (χ2v) is 5.40. The largest absolute Gasteiger partial charge is 0.311 e. The minimum atomic E-state index is 0.577. The van der Waals surface area contributed by atoms with Crippen molar-refractivity contribution in [2.24, 2.45) is 0 Å². The number of hydrogen-bond donors (Lipinski definition) is 1. The van der Waals surface area contributed by atoms with Crippen molar-refractivity contribution in [1.29, 1.82) is 0 Å². The van der Waals surface area contributed by atoms with E-state index in [1.54, 1.807) is 0 Å². The first kappa shape index (κ1) is 16.9. The first-order chi connectivity index (χ1) is 7.99. The molecule has 0 saturated carbocycles. The zero-order chi connectivity index (χ0) is 13.3. The van der Waals surface area contributed by atoms with E-state index in [-0.39, 0.29) is 0 Å². The quantitative estimate of drug-likeness (QED) is 0.633. The molecule has 3 nitrogen and oxygen atoms in total. The topological polar surface area (TPSA) is 18.5 Å². The van der Waals surface area contributed by atoms with Crippen LogP contribution in [0.15, 0.2) is 0 Å². The predicted octanol–water partition coefficient (Wildman–Crippen LogP) is 2.04. The molecule has 17 heavy (non-hydrogen) atoms. The summed E-state index contributed by atoms with van der Waals surface area (Å²) in [6.07, 6.45) is 2.57. The van der Waals surface area contributed by atoms with Gasteiger partial charge in [-0.1, -0.05) is 13.8 Å². The van der Waals surface area contributed by atoms with E-state index in [1.807, 2.05) is 0 Å². The fraction of sp³-hybridized carbons (Fsp3) is 1.00. The lowest BCUT2D eigenvalue weighted by Gasteiger charge is -2.24. The molecule has 0 radical (unpaired) electrons. The van der Waals surface area contributed by atoms with Crippen molar-refractivity contribution in [3.05, 3.63) is 0 Å². The lowest BCUT2D eigenvalue weighted by atomic mass is 10.1. The Morgan fingerprint density at radius 2 is 1.59 bits per heavy atom. The molecule has 1 N–H and O–H groups in total. The molecule has 104 valence electrons. The van der Waals surface area contributed by atoms with Crippen LogP contribution in [0.2, 0.25) is 0 Å². The molecule has 2 atom stereocenters. The van der Waals surface area contributed by atoms with Gasteiger partial charge >= 0.3 is 0 Å². The molecule has 0 aliphatic rings. The summed E-state index contributed by atoms with van der Waals surface area (Å²) in [4.78, 5) is 4.73. The average Bonchev–Trinajstić information content (AvgIpc) is 2.23. The molecule has 0 amide bonds. The highest BCUT2D eigenvalue weighted by Gasteiger charge is 2.08. The highest BCUT2D eigenvalue weighted by molar-refractivity contribution is 4.70. The molecule has 0 aromatic carbocycles. The Bertz CT molecular complexity index is 167. The van der Waals surface area contributed by atoms with Crippen molar-refractivity contribution in [2.45, 2.75) is 52.6 Å². The van der Waals surface area contributed by atoms with Crippen molar-refractivity contribution in [3.8, 4) is 0 Å². The highest BCUT2D eigenvalue weighted by atomic mass is 15.1. The number of hydrogen-bond acceptors (Lipinski definition) is 3. The first-order valence-corrected chi connectivity index (χ1v) is 7.12. The van der Waals surface area contributed by atoms with Crippen LogP contribution < -0.4 is 5.32 Å². The Kier molecular flexibility index (Phi) is 9.79. The van der Waals surface area contributed by atoms with Gasteiger partial charge in [0.15, 0.2) is 0 Å². The molecular formula is C14H33N3. The third kappa shape index (κ3) is 9.57. The van der Waals surface area contributed by atoms with E-state index in [0.29, 0.717) is 12.1 Å². The van der Waals surface area contributed by atoms with Gasteiger partial charge < -0.3 is 15.1 Å². The van der Waals surface area contributed by atoms with Crippen LogP contribution in [0.1, 0.15) is 40.5 Å². The van der Waals surface area contributed by atoms with Gasteiger partial charge in [-0.15, -0.1) is 0 Å². The summed E-state index contributed by atoms with van der Waals surface area (Å²) < 4.78 is 0. The summed E-state index contributed by atoms with van der Waals surface area (Å²) in [6.45, 7) is 13.7. The van der Waals surface area contributed by atoms with Crippen LogP contribution in [-0.2, 0) is 0 Å². The van der Waals surface area contributed by atoms with Gasteiger partial charge in [-0.2, -0.15) is 0 Å². The van der Waals surface area contributed by atoms with Gasteiger partial charge in [0.05, 0.1) is 0 Å². The van der Waals surface area contributed by atoms with Crippen LogP contribution in [-0.4, -0.2) is 62.2 Å². The van der Waals surface area contributed by atoms with Crippen molar-refractivity contribution >= 4 is 0 Å². The van der Waals surface area contributed by atoms with Gasteiger partial charge in [-0.3, -0.25) is 0 Å². The lowest BCUT2D eigenvalue weighted by Crippen LogP contribution is -2.41. The summed E-state index contributed by atoms with van der Waals surface area (Å²) in [5.41, 5.74) is 0. The summed E-state index contributed by atoms with van der Waals surface area (Å²) in [5, 5.41) is 3.66. The molecule has 0 saturated heterocycles. The second-order valence-electron chi connectivity index (χ2n) is 5.40. The molecule has 0 aromatic heterocycles. The van der Waals surface area contributed by atoms with Crippen LogP contribution in [0.5, 0.6) is 0 Å². The maximum absolute atomic E-state index is 3.66. The maximum atomic E-state index is 3.66. The van der Waals surface area contributed by atoms with Crippen molar-refractivity contribution in [1.82, 2.24) is 15.1 Å².